The summed E-state index contributed by atoms with van der Waals surface area (Å²) in [6.07, 6.45) is 1.55. The lowest BCUT2D eigenvalue weighted by atomic mass is 10.0. The molecule has 1 fully saturated rings. The van der Waals surface area contributed by atoms with Gasteiger partial charge in [0, 0.05) is 38.2 Å². The maximum atomic E-state index is 11.4. The first kappa shape index (κ1) is 13.9. The van der Waals surface area contributed by atoms with Crippen LogP contribution in [0.1, 0.15) is 24.0 Å². The number of carbonyl (C=O) groups is 1. The molecule has 0 saturated carbocycles. The first-order valence-electron chi connectivity index (χ1n) is 6.71. The summed E-state index contributed by atoms with van der Waals surface area (Å²) in [5, 5.41) is 3.52. The van der Waals surface area contributed by atoms with Crippen molar-refractivity contribution in [3.05, 3.63) is 29.3 Å². The molecule has 1 atom stereocenters. The van der Waals surface area contributed by atoms with Crippen LogP contribution in [0.25, 0.3) is 0 Å². The number of ether oxygens (including phenoxy) is 1. The quantitative estimate of drug-likeness (QED) is 0.898. The normalized spacial score (nSPS) is 19.6. The summed E-state index contributed by atoms with van der Waals surface area (Å²) in [7, 11) is 3.56. The van der Waals surface area contributed by atoms with Crippen molar-refractivity contribution in [3.63, 3.8) is 0 Å². The van der Waals surface area contributed by atoms with Gasteiger partial charge in [0.2, 0.25) is 5.91 Å². The third-order valence-electron chi connectivity index (χ3n) is 3.64. The van der Waals surface area contributed by atoms with Gasteiger partial charge in [-0.2, -0.15) is 0 Å². The fourth-order valence-corrected chi connectivity index (χ4v) is 2.48. The minimum Gasteiger partial charge on any atom is -0.496 e. The number of rotatable bonds is 4. The average molecular weight is 262 g/mol. The smallest absolute Gasteiger partial charge is 0.222 e. The van der Waals surface area contributed by atoms with Gasteiger partial charge in [-0.15, -0.1) is 0 Å². The Hall–Kier alpha value is -1.55. The molecule has 0 radical (unpaired) electrons. The molecule has 0 spiro atoms. The van der Waals surface area contributed by atoms with E-state index in [-0.39, 0.29) is 5.91 Å². The number of benzene rings is 1. The molecular formula is C15H22N2O2. The van der Waals surface area contributed by atoms with Gasteiger partial charge >= 0.3 is 0 Å². The van der Waals surface area contributed by atoms with E-state index in [1.165, 1.54) is 11.1 Å². The summed E-state index contributed by atoms with van der Waals surface area (Å²) in [5.74, 6) is 1.16. The van der Waals surface area contributed by atoms with Crippen LogP contribution in [0.5, 0.6) is 5.75 Å². The van der Waals surface area contributed by atoms with Gasteiger partial charge in [-0.25, -0.2) is 0 Å². The third-order valence-corrected chi connectivity index (χ3v) is 3.64. The van der Waals surface area contributed by atoms with Gasteiger partial charge in [0.15, 0.2) is 0 Å². The number of hydrogen-bond donors (Lipinski definition) is 1. The lowest BCUT2D eigenvalue weighted by Crippen LogP contribution is -2.46. The van der Waals surface area contributed by atoms with E-state index in [2.05, 4.69) is 24.4 Å². The van der Waals surface area contributed by atoms with Crippen molar-refractivity contribution in [3.8, 4) is 5.75 Å². The molecule has 0 aromatic heterocycles. The third kappa shape index (κ3) is 3.47. The highest BCUT2D eigenvalue weighted by molar-refractivity contribution is 5.76. The highest BCUT2D eigenvalue weighted by Crippen LogP contribution is 2.20. The Bertz CT molecular complexity index is 459. The molecule has 1 aliphatic heterocycles. The van der Waals surface area contributed by atoms with Crippen molar-refractivity contribution >= 4 is 5.91 Å². The zero-order valence-electron chi connectivity index (χ0n) is 11.9. The molecule has 4 heteroatoms. The first-order chi connectivity index (χ1) is 9.10. The Morgan fingerprint density at radius 3 is 2.95 bits per heavy atom. The minimum absolute atomic E-state index is 0.242. The number of hydrogen-bond acceptors (Lipinski definition) is 3. The van der Waals surface area contributed by atoms with Crippen LogP contribution in [0.4, 0.5) is 0 Å². The fourth-order valence-electron chi connectivity index (χ4n) is 2.48. The summed E-state index contributed by atoms with van der Waals surface area (Å²) in [4.78, 5) is 13.2. The van der Waals surface area contributed by atoms with Crippen molar-refractivity contribution in [2.75, 3.05) is 20.7 Å². The molecule has 1 aliphatic rings. The minimum atomic E-state index is 0.242. The van der Waals surface area contributed by atoms with E-state index in [4.69, 9.17) is 4.74 Å². The Labute approximate surface area is 114 Å². The number of methoxy groups -OCH3 is 1. The van der Waals surface area contributed by atoms with Gasteiger partial charge in [-0.3, -0.25) is 4.79 Å². The number of likely N-dealkylation sites (N-methyl/N-ethyl adjacent to an activating group) is 1. The van der Waals surface area contributed by atoms with Crippen LogP contribution < -0.4 is 10.1 Å². The second-order valence-electron chi connectivity index (χ2n) is 5.21. The van der Waals surface area contributed by atoms with Gasteiger partial charge in [0.25, 0.3) is 0 Å². The molecule has 0 bridgehead atoms. The fraction of sp³-hybridized carbons (Fsp3) is 0.533. The molecular weight excluding hydrogens is 240 g/mol. The van der Waals surface area contributed by atoms with E-state index in [9.17, 15) is 4.79 Å². The van der Waals surface area contributed by atoms with E-state index in [0.29, 0.717) is 12.5 Å². The Morgan fingerprint density at radius 1 is 1.47 bits per heavy atom. The van der Waals surface area contributed by atoms with Crippen LogP contribution in [0.3, 0.4) is 0 Å². The lowest BCUT2D eigenvalue weighted by molar-refractivity contribution is -0.132. The largest absolute Gasteiger partial charge is 0.496 e. The standard InChI is InChI=1S/C15H22N2O2/c1-11-4-6-14(19-3)12(8-11)9-16-13-5-7-15(18)17(2)10-13/h4,6,8,13,16H,5,7,9-10H2,1-3H3. The average Bonchev–Trinajstić information content (AvgIpc) is 2.40. The molecule has 1 heterocycles. The van der Waals surface area contributed by atoms with E-state index in [1.54, 1.807) is 12.0 Å². The van der Waals surface area contributed by atoms with Crippen LogP contribution in [-0.4, -0.2) is 37.6 Å². The molecule has 4 nitrogen and oxygen atoms in total. The number of nitrogens with one attached hydrogen (secondary N) is 1. The second-order valence-corrected chi connectivity index (χ2v) is 5.21. The summed E-state index contributed by atoms with van der Waals surface area (Å²) in [5.41, 5.74) is 2.40. The van der Waals surface area contributed by atoms with E-state index >= 15 is 0 Å². The number of amides is 1. The molecule has 0 aliphatic carbocycles. The van der Waals surface area contributed by atoms with Crippen molar-refractivity contribution < 1.29 is 9.53 Å². The predicted molar refractivity (Wildman–Crippen MR) is 75.2 cm³/mol. The molecule has 1 aromatic rings. The number of aryl methyl sites for hydroxylation is 1. The van der Waals surface area contributed by atoms with E-state index < -0.39 is 0 Å². The first-order valence-corrected chi connectivity index (χ1v) is 6.71. The van der Waals surface area contributed by atoms with Gasteiger partial charge in [-0.05, 0) is 19.4 Å². The van der Waals surface area contributed by atoms with Crippen LogP contribution in [-0.2, 0) is 11.3 Å². The van der Waals surface area contributed by atoms with Crippen LogP contribution in [0.2, 0.25) is 0 Å². The molecule has 19 heavy (non-hydrogen) atoms. The van der Waals surface area contributed by atoms with Crippen molar-refractivity contribution in [2.24, 2.45) is 0 Å². The number of piperidine rings is 1. The molecule has 1 amide bonds. The van der Waals surface area contributed by atoms with Gasteiger partial charge in [0.05, 0.1) is 7.11 Å². The van der Waals surface area contributed by atoms with Crippen molar-refractivity contribution in [1.82, 2.24) is 10.2 Å². The summed E-state index contributed by atoms with van der Waals surface area (Å²) in [6.45, 7) is 3.64. The van der Waals surface area contributed by atoms with Gasteiger partial charge in [-0.1, -0.05) is 17.7 Å². The Morgan fingerprint density at radius 2 is 2.26 bits per heavy atom. The molecule has 1 unspecified atom stereocenters. The van der Waals surface area contributed by atoms with Gasteiger partial charge in [0.1, 0.15) is 5.75 Å². The summed E-state index contributed by atoms with van der Waals surface area (Å²) < 4.78 is 5.37. The summed E-state index contributed by atoms with van der Waals surface area (Å²) in [6, 6.07) is 6.56. The Kier molecular flexibility index (Phi) is 4.43. The number of likely N-dealkylation sites (tertiary alicyclic amines) is 1. The van der Waals surface area contributed by atoms with Crippen molar-refractivity contribution in [2.45, 2.75) is 32.4 Å². The number of nitrogens with zero attached hydrogens (tertiary/aromatic N) is 1. The maximum absolute atomic E-state index is 11.4. The van der Waals surface area contributed by atoms with Crippen molar-refractivity contribution in [1.29, 1.82) is 0 Å². The number of carbonyl (C=O) groups excluding carboxylic acids is 1. The topological polar surface area (TPSA) is 41.6 Å². The predicted octanol–water partition coefficient (Wildman–Crippen LogP) is 1.71. The van der Waals surface area contributed by atoms with E-state index in [0.717, 1.165) is 25.3 Å². The molecule has 2 rings (SSSR count). The monoisotopic (exact) mass is 262 g/mol. The molecule has 104 valence electrons. The van der Waals surface area contributed by atoms with Crippen LogP contribution >= 0.6 is 0 Å². The van der Waals surface area contributed by atoms with Crippen LogP contribution in [0, 0.1) is 6.92 Å². The zero-order valence-corrected chi connectivity index (χ0v) is 11.9. The molecule has 1 saturated heterocycles. The van der Waals surface area contributed by atoms with Gasteiger partial charge < -0.3 is 15.0 Å². The molecule has 1 N–H and O–H groups in total. The van der Waals surface area contributed by atoms with Crippen LogP contribution in [0.15, 0.2) is 18.2 Å². The van der Waals surface area contributed by atoms with E-state index in [1.807, 2.05) is 13.1 Å². The summed E-state index contributed by atoms with van der Waals surface area (Å²) >= 11 is 0. The maximum Gasteiger partial charge on any atom is 0.222 e. The second kappa shape index (κ2) is 6.06. The highest BCUT2D eigenvalue weighted by atomic mass is 16.5. The Balaban J connectivity index is 1.95. The SMILES string of the molecule is COc1ccc(C)cc1CNC1CCC(=O)N(C)C1. The lowest BCUT2D eigenvalue weighted by Gasteiger charge is -2.30. The zero-order chi connectivity index (χ0) is 13.8. The highest BCUT2D eigenvalue weighted by Gasteiger charge is 2.22. The molecule has 1 aromatic carbocycles.